The molecule has 0 aliphatic carbocycles. The van der Waals surface area contributed by atoms with Crippen molar-refractivity contribution in [2.75, 3.05) is 0 Å². The quantitative estimate of drug-likeness (QED) is 0.465. The third kappa shape index (κ3) is 3.26. The van der Waals surface area contributed by atoms with Gasteiger partial charge >= 0.3 is 154 Å². The first kappa shape index (κ1) is 16.9. The van der Waals surface area contributed by atoms with E-state index in [2.05, 4.69) is 0 Å². The number of hydrogen-bond acceptors (Lipinski definition) is 1. The summed E-state index contributed by atoms with van der Waals surface area (Å²) in [6, 6.07) is 21.0. The summed E-state index contributed by atoms with van der Waals surface area (Å²) in [6.45, 7) is 0. The van der Waals surface area contributed by atoms with Gasteiger partial charge in [-0.1, -0.05) is 0 Å². The molecule has 0 bridgehead atoms. The van der Waals surface area contributed by atoms with E-state index >= 15 is 0 Å². The van der Waals surface area contributed by atoms with Crippen LogP contribution in [0.25, 0.3) is 16.9 Å². The van der Waals surface area contributed by atoms with Gasteiger partial charge in [0.1, 0.15) is 0 Å². The molecule has 4 aromatic rings. The molecule has 0 aliphatic heterocycles. The molecule has 2 aromatic heterocycles. The van der Waals surface area contributed by atoms with Crippen molar-refractivity contribution in [2.45, 2.75) is 6.18 Å². The van der Waals surface area contributed by atoms with Crippen LogP contribution in [0.3, 0.4) is 0 Å². The van der Waals surface area contributed by atoms with E-state index in [0.29, 0.717) is 0 Å². The van der Waals surface area contributed by atoms with Crippen LogP contribution in [0.15, 0.2) is 79.0 Å². The summed E-state index contributed by atoms with van der Waals surface area (Å²) >= 11 is -0.184. The summed E-state index contributed by atoms with van der Waals surface area (Å²) < 4.78 is 42.2. The third-order valence-corrected chi connectivity index (χ3v) is 6.22. The molecule has 0 N–H and O–H groups in total. The molecule has 0 saturated heterocycles. The van der Waals surface area contributed by atoms with Gasteiger partial charge < -0.3 is 0 Å². The van der Waals surface area contributed by atoms with Gasteiger partial charge in [0.25, 0.3) is 0 Å². The van der Waals surface area contributed by atoms with Crippen molar-refractivity contribution in [1.82, 2.24) is 9.38 Å². The van der Waals surface area contributed by atoms with Gasteiger partial charge in [0.2, 0.25) is 0 Å². The van der Waals surface area contributed by atoms with E-state index in [1.54, 1.807) is 12.1 Å². The van der Waals surface area contributed by atoms with Crippen molar-refractivity contribution in [3.05, 3.63) is 84.6 Å². The molecule has 0 aliphatic rings. The summed E-state index contributed by atoms with van der Waals surface area (Å²) in [5.74, 6) is 0. The van der Waals surface area contributed by atoms with Gasteiger partial charge in [0.15, 0.2) is 0 Å². The first-order valence-corrected chi connectivity index (χ1v) is 9.61. The molecule has 2 aromatic carbocycles. The van der Waals surface area contributed by atoms with Gasteiger partial charge in [0.05, 0.1) is 0 Å². The SMILES string of the molecule is FC(F)(F)c1ccc([Se]c2c(-c3ccccc3)nc3ccccn23)cc1. The van der Waals surface area contributed by atoms with Crippen LogP contribution in [0.5, 0.6) is 0 Å². The van der Waals surface area contributed by atoms with Crippen LogP contribution < -0.4 is 9.05 Å². The Morgan fingerprint density at radius 3 is 2.19 bits per heavy atom. The van der Waals surface area contributed by atoms with Crippen LogP contribution in [0.2, 0.25) is 0 Å². The minimum absolute atomic E-state index is 0.184. The molecule has 0 radical (unpaired) electrons. The molecule has 0 amide bonds. The average Bonchev–Trinajstić information content (AvgIpc) is 3.01. The molecule has 2 heterocycles. The van der Waals surface area contributed by atoms with Gasteiger partial charge in [-0.25, -0.2) is 0 Å². The number of fused-ring (bicyclic) bond motifs is 1. The van der Waals surface area contributed by atoms with Gasteiger partial charge in [-0.15, -0.1) is 0 Å². The van der Waals surface area contributed by atoms with Crippen molar-refractivity contribution in [3.8, 4) is 11.3 Å². The number of benzene rings is 2. The zero-order valence-corrected chi connectivity index (χ0v) is 15.2. The Balaban J connectivity index is 1.78. The Labute approximate surface area is 154 Å². The summed E-state index contributed by atoms with van der Waals surface area (Å²) in [6.07, 6.45) is -2.38. The number of nitrogens with zero attached hydrogens (tertiary/aromatic N) is 2. The zero-order chi connectivity index (χ0) is 18.1. The number of aromatic nitrogens is 2. The number of hydrogen-bond donors (Lipinski definition) is 0. The van der Waals surface area contributed by atoms with E-state index in [1.807, 2.05) is 59.1 Å². The van der Waals surface area contributed by atoms with Crippen LogP contribution in [-0.2, 0) is 6.18 Å². The second-order valence-electron chi connectivity index (χ2n) is 5.68. The van der Waals surface area contributed by atoms with Crippen molar-refractivity contribution in [1.29, 1.82) is 0 Å². The van der Waals surface area contributed by atoms with Crippen molar-refractivity contribution < 1.29 is 13.2 Å². The molecule has 0 fully saturated rings. The van der Waals surface area contributed by atoms with Gasteiger partial charge in [-0.2, -0.15) is 0 Å². The van der Waals surface area contributed by atoms with Crippen molar-refractivity contribution in [2.24, 2.45) is 0 Å². The van der Waals surface area contributed by atoms with Gasteiger partial charge in [0, 0.05) is 0 Å². The Bertz CT molecular complexity index is 1040. The maximum absolute atomic E-state index is 12.8. The second kappa shape index (κ2) is 6.63. The maximum atomic E-state index is 12.8. The molecular formula is C20H13F3N2Se. The van der Waals surface area contributed by atoms with Crippen LogP contribution in [0.4, 0.5) is 13.2 Å². The molecule has 0 atom stereocenters. The van der Waals surface area contributed by atoms with Crippen molar-refractivity contribution >= 4 is 29.7 Å². The van der Waals surface area contributed by atoms with E-state index in [0.717, 1.165) is 38.1 Å². The third-order valence-electron chi connectivity index (χ3n) is 3.93. The van der Waals surface area contributed by atoms with E-state index in [9.17, 15) is 13.2 Å². The molecule has 6 heteroatoms. The summed E-state index contributed by atoms with van der Waals surface area (Å²) in [7, 11) is 0. The molecule has 0 spiro atoms. The minimum atomic E-state index is -4.32. The first-order valence-electron chi connectivity index (χ1n) is 7.90. The zero-order valence-electron chi connectivity index (χ0n) is 13.4. The topological polar surface area (TPSA) is 17.3 Å². The van der Waals surface area contributed by atoms with Crippen LogP contribution in [0, 0.1) is 0 Å². The number of pyridine rings is 1. The number of imidazole rings is 1. The molecule has 0 saturated carbocycles. The Morgan fingerprint density at radius 1 is 0.808 bits per heavy atom. The number of alkyl halides is 3. The fraction of sp³-hybridized carbons (Fsp3) is 0.0500. The van der Waals surface area contributed by atoms with E-state index in [-0.39, 0.29) is 15.0 Å². The summed E-state index contributed by atoms with van der Waals surface area (Å²) in [5.41, 5.74) is 2.07. The van der Waals surface area contributed by atoms with Crippen LogP contribution >= 0.6 is 0 Å². The fourth-order valence-electron chi connectivity index (χ4n) is 2.68. The standard InChI is InChI=1S/C20H13F3N2Se/c21-20(22,23)15-9-11-16(12-10-15)26-19-18(14-6-2-1-3-7-14)24-17-8-4-5-13-25(17)19/h1-13H. The average molecular weight is 417 g/mol. The Kier molecular flexibility index (Phi) is 4.31. The monoisotopic (exact) mass is 418 g/mol. The Hall–Kier alpha value is -2.56. The molecule has 130 valence electrons. The van der Waals surface area contributed by atoms with E-state index in [4.69, 9.17) is 4.98 Å². The summed E-state index contributed by atoms with van der Waals surface area (Å²) in [5, 5.41) is 0. The van der Waals surface area contributed by atoms with Gasteiger partial charge in [-0.3, -0.25) is 0 Å². The Morgan fingerprint density at radius 2 is 1.50 bits per heavy atom. The number of halogens is 3. The molecule has 0 unspecified atom stereocenters. The molecular weight excluding hydrogens is 404 g/mol. The van der Waals surface area contributed by atoms with Crippen molar-refractivity contribution in [3.63, 3.8) is 0 Å². The van der Waals surface area contributed by atoms with Crippen LogP contribution in [-0.4, -0.2) is 24.3 Å². The second-order valence-corrected chi connectivity index (χ2v) is 7.91. The van der Waals surface area contributed by atoms with Crippen LogP contribution in [0.1, 0.15) is 5.56 Å². The number of rotatable bonds is 3. The molecule has 26 heavy (non-hydrogen) atoms. The van der Waals surface area contributed by atoms with E-state index < -0.39 is 11.7 Å². The van der Waals surface area contributed by atoms with Gasteiger partial charge in [-0.05, 0) is 0 Å². The summed E-state index contributed by atoms with van der Waals surface area (Å²) in [4.78, 5) is 4.73. The first-order chi connectivity index (χ1) is 12.5. The normalized spacial score (nSPS) is 11.8. The molecule has 2 nitrogen and oxygen atoms in total. The molecule has 4 rings (SSSR count). The predicted octanol–water partition coefficient (Wildman–Crippen LogP) is 3.68. The predicted molar refractivity (Wildman–Crippen MR) is 97.1 cm³/mol. The fourth-order valence-corrected chi connectivity index (χ4v) is 4.79. The van der Waals surface area contributed by atoms with E-state index in [1.165, 1.54) is 0 Å².